The van der Waals surface area contributed by atoms with Crippen molar-refractivity contribution in [1.29, 1.82) is 0 Å². The molecule has 9 nitrogen and oxygen atoms in total. The molecule has 2 rings (SSSR count). The number of nitrogens with two attached hydrogens (primary N) is 1. The van der Waals surface area contributed by atoms with Gasteiger partial charge in [-0.3, -0.25) is 9.36 Å². The summed E-state index contributed by atoms with van der Waals surface area (Å²) in [5.74, 6) is 0.752. The Morgan fingerprint density at radius 1 is 1.43 bits per heavy atom. The van der Waals surface area contributed by atoms with Crippen molar-refractivity contribution in [3.63, 3.8) is 0 Å². The lowest BCUT2D eigenvalue weighted by Gasteiger charge is -2.25. The summed E-state index contributed by atoms with van der Waals surface area (Å²) in [6, 6.07) is 0.0141. The molecule has 1 amide bonds. The normalized spacial score (nSPS) is 10.7. The molecule has 3 N–H and O–H groups in total. The van der Waals surface area contributed by atoms with Crippen molar-refractivity contribution >= 4 is 17.8 Å². The van der Waals surface area contributed by atoms with Gasteiger partial charge < -0.3 is 16.0 Å². The van der Waals surface area contributed by atoms with Crippen molar-refractivity contribution < 1.29 is 4.79 Å². The Hall–Kier alpha value is -2.71. The van der Waals surface area contributed by atoms with E-state index in [0.29, 0.717) is 17.8 Å². The second-order valence-corrected chi connectivity index (χ2v) is 4.67. The number of hydrogen-bond donors (Lipinski definition) is 2. The molecule has 2 heterocycles. The number of nitrogens with one attached hydrogen (secondary N) is 1. The summed E-state index contributed by atoms with van der Waals surface area (Å²) < 4.78 is 1.66. The van der Waals surface area contributed by atoms with Crippen LogP contribution in [0.2, 0.25) is 0 Å². The molecule has 21 heavy (non-hydrogen) atoms. The number of primary amides is 1. The molecule has 0 atom stereocenters. The number of carbonyl (C=O) groups is 1. The van der Waals surface area contributed by atoms with Gasteiger partial charge in [0.1, 0.15) is 6.33 Å². The summed E-state index contributed by atoms with van der Waals surface area (Å²) in [5, 5.41) is 2.88. The highest BCUT2D eigenvalue weighted by Gasteiger charge is 2.18. The predicted molar refractivity (Wildman–Crippen MR) is 78.2 cm³/mol. The van der Waals surface area contributed by atoms with E-state index in [0.717, 1.165) is 0 Å². The molecule has 9 heteroatoms. The van der Waals surface area contributed by atoms with Crippen LogP contribution >= 0.6 is 0 Å². The minimum absolute atomic E-state index is 0.0141. The number of anilines is 2. The van der Waals surface area contributed by atoms with Gasteiger partial charge in [-0.1, -0.05) is 0 Å². The molecule has 0 saturated carbocycles. The molecule has 0 saturated heterocycles. The first-order valence-electron chi connectivity index (χ1n) is 6.48. The summed E-state index contributed by atoms with van der Waals surface area (Å²) >= 11 is 0. The van der Waals surface area contributed by atoms with E-state index >= 15 is 0 Å². The van der Waals surface area contributed by atoms with Gasteiger partial charge in [-0.05, 0) is 13.8 Å². The number of carbonyl (C=O) groups excluding carboxylic acids is 1. The maximum absolute atomic E-state index is 11.2. The van der Waals surface area contributed by atoms with Gasteiger partial charge in [-0.25, -0.2) is 4.98 Å². The fraction of sp³-hybridized carbons (Fsp3) is 0.417. The third kappa shape index (κ3) is 3.44. The van der Waals surface area contributed by atoms with Crippen LogP contribution < -0.4 is 16.0 Å². The van der Waals surface area contributed by atoms with E-state index in [4.69, 9.17) is 5.73 Å². The fourth-order valence-electron chi connectivity index (χ4n) is 1.74. The zero-order valence-electron chi connectivity index (χ0n) is 12.2. The SMILES string of the molecule is CNc1nc(N(CC(N)=O)C(C)C)nc(-n2ccnc2)n1. The van der Waals surface area contributed by atoms with Gasteiger partial charge in [0.15, 0.2) is 0 Å². The van der Waals surface area contributed by atoms with Crippen molar-refractivity contribution in [1.82, 2.24) is 24.5 Å². The average Bonchev–Trinajstić information content (AvgIpc) is 2.98. The fourth-order valence-corrected chi connectivity index (χ4v) is 1.74. The number of amides is 1. The smallest absolute Gasteiger partial charge is 0.241 e. The molecule has 0 spiro atoms. The minimum Gasteiger partial charge on any atom is -0.368 e. The molecule has 112 valence electrons. The third-order valence-corrected chi connectivity index (χ3v) is 2.78. The molecule has 0 unspecified atom stereocenters. The van der Waals surface area contributed by atoms with Crippen LogP contribution in [0, 0.1) is 0 Å². The Kier molecular flexibility index (Phi) is 4.31. The van der Waals surface area contributed by atoms with E-state index in [1.165, 1.54) is 0 Å². The molecule has 0 aliphatic carbocycles. The second kappa shape index (κ2) is 6.16. The zero-order chi connectivity index (χ0) is 15.4. The number of imidazole rings is 1. The van der Waals surface area contributed by atoms with Crippen LogP contribution in [0.5, 0.6) is 0 Å². The lowest BCUT2D eigenvalue weighted by atomic mass is 10.3. The highest BCUT2D eigenvalue weighted by molar-refractivity contribution is 5.79. The Morgan fingerprint density at radius 2 is 2.19 bits per heavy atom. The molecular formula is C12H18N8O. The summed E-state index contributed by atoms with van der Waals surface area (Å²) in [6.07, 6.45) is 4.95. The lowest BCUT2D eigenvalue weighted by molar-refractivity contribution is -0.116. The van der Waals surface area contributed by atoms with Crippen LogP contribution in [0.1, 0.15) is 13.8 Å². The first kappa shape index (κ1) is 14.7. The lowest BCUT2D eigenvalue weighted by Crippen LogP contribution is -2.40. The molecule has 0 radical (unpaired) electrons. The maximum atomic E-state index is 11.2. The molecular weight excluding hydrogens is 272 g/mol. The molecule has 2 aromatic heterocycles. The zero-order valence-corrected chi connectivity index (χ0v) is 12.2. The van der Waals surface area contributed by atoms with Crippen molar-refractivity contribution in [2.24, 2.45) is 5.73 Å². The largest absolute Gasteiger partial charge is 0.368 e. The number of hydrogen-bond acceptors (Lipinski definition) is 7. The van der Waals surface area contributed by atoms with E-state index < -0.39 is 5.91 Å². The third-order valence-electron chi connectivity index (χ3n) is 2.78. The van der Waals surface area contributed by atoms with Crippen molar-refractivity contribution in [2.75, 3.05) is 23.8 Å². The summed E-state index contributed by atoms with van der Waals surface area (Å²) in [4.78, 5) is 29.8. The van der Waals surface area contributed by atoms with Crippen LogP contribution in [-0.4, -0.2) is 50.0 Å². The van der Waals surface area contributed by atoms with Crippen molar-refractivity contribution in [2.45, 2.75) is 19.9 Å². The topological polar surface area (TPSA) is 115 Å². The van der Waals surface area contributed by atoms with Crippen LogP contribution in [0.25, 0.3) is 5.95 Å². The molecule has 2 aromatic rings. The van der Waals surface area contributed by atoms with E-state index in [1.807, 2.05) is 13.8 Å². The standard InChI is InChI=1S/C12H18N8O/c1-8(2)20(6-9(13)21)12-17-10(14-3)16-11(18-12)19-5-4-15-7-19/h4-5,7-8H,6H2,1-3H3,(H2,13,21)(H,14,16,17,18). The Morgan fingerprint density at radius 3 is 2.71 bits per heavy atom. The van der Waals surface area contributed by atoms with Gasteiger partial charge in [0.2, 0.25) is 23.8 Å². The average molecular weight is 290 g/mol. The van der Waals surface area contributed by atoms with Gasteiger partial charge in [-0.2, -0.15) is 15.0 Å². The quantitative estimate of drug-likeness (QED) is 0.757. The van der Waals surface area contributed by atoms with Gasteiger partial charge in [0.05, 0.1) is 6.54 Å². The van der Waals surface area contributed by atoms with Gasteiger partial charge in [0, 0.05) is 25.5 Å². The monoisotopic (exact) mass is 290 g/mol. The van der Waals surface area contributed by atoms with E-state index in [-0.39, 0.29) is 12.6 Å². The Bertz CT molecular complexity index is 610. The van der Waals surface area contributed by atoms with Crippen LogP contribution in [0.3, 0.4) is 0 Å². The van der Waals surface area contributed by atoms with E-state index in [2.05, 4.69) is 25.3 Å². The molecule has 0 aromatic carbocycles. The van der Waals surface area contributed by atoms with E-state index in [9.17, 15) is 4.79 Å². The molecule has 0 aliphatic heterocycles. The maximum Gasteiger partial charge on any atom is 0.241 e. The number of rotatable bonds is 6. The minimum atomic E-state index is -0.445. The Labute approximate surface area is 122 Å². The van der Waals surface area contributed by atoms with E-state index in [1.54, 1.807) is 35.2 Å². The van der Waals surface area contributed by atoms with Gasteiger partial charge in [0.25, 0.3) is 0 Å². The van der Waals surface area contributed by atoms with Gasteiger partial charge >= 0.3 is 0 Å². The summed E-state index contributed by atoms with van der Waals surface area (Å²) in [6.45, 7) is 3.90. The first-order valence-corrected chi connectivity index (χ1v) is 6.48. The highest BCUT2D eigenvalue weighted by atomic mass is 16.1. The second-order valence-electron chi connectivity index (χ2n) is 4.67. The van der Waals surface area contributed by atoms with Crippen LogP contribution in [-0.2, 0) is 4.79 Å². The molecule has 0 aliphatic rings. The first-order chi connectivity index (χ1) is 10.0. The molecule has 0 bridgehead atoms. The summed E-state index contributed by atoms with van der Waals surface area (Å²) in [7, 11) is 1.71. The number of nitrogens with zero attached hydrogens (tertiary/aromatic N) is 6. The van der Waals surface area contributed by atoms with Crippen LogP contribution in [0.15, 0.2) is 18.7 Å². The highest BCUT2D eigenvalue weighted by Crippen LogP contribution is 2.15. The Balaban J connectivity index is 2.46. The van der Waals surface area contributed by atoms with Gasteiger partial charge in [-0.15, -0.1) is 0 Å². The number of aromatic nitrogens is 5. The van der Waals surface area contributed by atoms with Crippen molar-refractivity contribution in [3.8, 4) is 5.95 Å². The molecule has 0 fully saturated rings. The predicted octanol–water partition coefficient (Wildman–Crippen LogP) is -0.201. The van der Waals surface area contributed by atoms with Crippen molar-refractivity contribution in [3.05, 3.63) is 18.7 Å². The van der Waals surface area contributed by atoms with Crippen LogP contribution in [0.4, 0.5) is 11.9 Å². The summed E-state index contributed by atoms with van der Waals surface area (Å²) in [5.41, 5.74) is 5.29.